The molecule has 0 bridgehead atoms. The van der Waals surface area contributed by atoms with Gasteiger partial charge in [-0.1, -0.05) is 12.8 Å². The molecule has 1 fully saturated rings. The van der Waals surface area contributed by atoms with Crippen LogP contribution in [0.2, 0.25) is 0 Å². The Bertz CT molecular complexity index is 528. The zero-order chi connectivity index (χ0) is 17.4. The first-order valence-corrected chi connectivity index (χ1v) is 7.07. The molecule has 1 saturated carbocycles. The predicted octanol–water partition coefficient (Wildman–Crippen LogP) is 0.476. The van der Waals surface area contributed by atoms with E-state index in [4.69, 9.17) is 4.74 Å². The molecular weight excluding hydrogens is 308 g/mol. The van der Waals surface area contributed by atoms with Gasteiger partial charge < -0.3 is 14.2 Å². The van der Waals surface area contributed by atoms with Crippen molar-refractivity contribution in [2.45, 2.75) is 38.7 Å². The van der Waals surface area contributed by atoms with Crippen molar-refractivity contribution in [3.05, 3.63) is 12.2 Å². The van der Waals surface area contributed by atoms with Crippen molar-refractivity contribution in [3.63, 3.8) is 0 Å². The molecule has 1 rings (SSSR count). The second-order valence-corrected chi connectivity index (χ2v) is 4.97. The van der Waals surface area contributed by atoms with Crippen LogP contribution in [0.1, 0.15) is 32.6 Å². The molecule has 0 N–H and O–H groups in total. The van der Waals surface area contributed by atoms with E-state index in [0.717, 1.165) is 39.0 Å². The van der Waals surface area contributed by atoms with Gasteiger partial charge >= 0.3 is 23.9 Å². The van der Waals surface area contributed by atoms with Crippen LogP contribution in [0.15, 0.2) is 12.2 Å². The Morgan fingerprint density at radius 1 is 1.00 bits per heavy atom. The molecule has 0 aromatic heterocycles. The van der Waals surface area contributed by atoms with E-state index in [1.54, 1.807) is 0 Å². The molecule has 8 nitrogen and oxygen atoms in total. The minimum absolute atomic E-state index is 0.420. The summed E-state index contributed by atoms with van der Waals surface area (Å²) in [6.45, 7) is 0.994. The molecule has 1 atom stereocenters. The lowest BCUT2D eigenvalue weighted by molar-refractivity contribution is -0.174. The number of ether oxygens (including phenoxy) is 3. The number of esters is 4. The molecule has 0 radical (unpaired) electrons. The highest BCUT2D eigenvalue weighted by molar-refractivity contribution is 6.07. The predicted molar refractivity (Wildman–Crippen MR) is 74.8 cm³/mol. The Morgan fingerprint density at radius 2 is 1.57 bits per heavy atom. The zero-order valence-corrected chi connectivity index (χ0v) is 12.9. The van der Waals surface area contributed by atoms with Gasteiger partial charge in [-0.3, -0.25) is 9.59 Å². The SMILES string of the molecule is COC(=O)C=CC(=O)OC(C(=O)OC(C)=O)C(=O)C1CCCC1. The number of rotatable bonds is 6. The van der Waals surface area contributed by atoms with Crippen LogP contribution < -0.4 is 0 Å². The Balaban J connectivity index is 2.81. The third kappa shape index (κ3) is 6.01. The van der Waals surface area contributed by atoms with Gasteiger partial charge in [-0.2, -0.15) is 0 Å². The van der Waals surface area contributed by atoms with Crippen LogP contribution in [0.4, 0.5) is 0 Å². The van der Waals surface area contributed by atoms with Gasteiger partial charge in [0.2, 0.25) is 0 Å². The first-order valence-electron chi connectivity index (χ1n) is 7.07. The van der Waals surface area contributed by atoms with E-state index in [9.17, 15) is 24.0 Å². The topological polar surface area (TPSA) is 113 Å². The lowest BCUT2D eigenvalue weighted by Gasteiger charge is -2.17. The third-order valence-electron chi connectivity index (χ3n) is 3.27. The van der Waals surface area contributed by atoms with Crippen molar-refractivity contribution in [1.29, 1.82) is 0 Å². The summed E-state index contributed by atoms with van der Waals surface area (Å²) in [5.74, 6) is -5.07. The fourth-order valence-corrected chi connectivity index (χ4v) is 2.20. The van der Waals surface area contributed by atoms with Crippen LogP contribution in [0, 0.1) is 5.92 Å². The minimum atomic E-state index is -1.82. The number of Topliss-reactive ketones (excluding diaryl/α,β-unsaturated/α-hetero) is 1. The molecule has 8 heteroatoms. The monoisotopic (exact) mass is 326 g/mol. The molecule has 1 aliphatic rings. The quantitative estimate of drug-likeness (QED) is 0.300. The van der Waals surface area contributed by atoms with E-state index < -0.39 is 41.7 Å². The van der Waals surface area contributed by atoms with Crippen molar-refractivity contribution < 1.29 is 38.2 Å². The number of hydrogen-bond donors (Lipinski definition) is 0. The summed E-state index contributed by atoms with van der Waals surface area (Å²) < 4.78 is 13.4. The summed E-state index contributed by atoms with van der Waals surface area (Å²) in [6.07, 6.45) is 2.52. The van der Waals surface area contributed by atoms with Crippen LogP contribution in [0.5, 0.6) is 0 Å². The molecule has 1 unspecified atom stereocenters. The van der Waals surface area contributed by atoms with Gasteiger partial charge in [0.1, 0.15) is 0 Å². The van der Waals surface area contributed by atoms with Crippen molar-refractivity contribution in [1.82, 2.24) is 0 Å². The Morgan fingerprint density at radius 3 is 2.09 bits per heavy atom. The maximum Gasteiger partial charge on any atom is 0.363 e. The second-order valence-electron chi connectivity index (χ2n) is 4.97. The fraction of sp³-hybridized carbons (Fsp3) is 0.533. The second kappa shape index (κ2) is 8.82. The van der Waals surface area contributed by atoms with Crippen molar-refractivity contribution in [3.8, 4) is 0 Å². The smallest absolute Gasteiger partial charge is 0.363 e. The van der Waals surface area contributed by atoms with E-state index in [1.807, 2.05) is 0 Å². The average molecular weight is 326 g/mol. The summed E-state index contributed by atoms with van der Waals surface area (Å²) >= 11 is 0. The molecule has 1 aliphatic carbocycles. The van der Waals surface area contributed by atoms with Gasteiger partial charge in [0, 0.05) is 25.0 Å². The highest BCUT2D eigenvalue weighted by Crippen LogP contribution is 2.27. The summed E-state index contributed by atoms with van der Waals surface area (Å²) in [7, 11) is 1.12. The van der Waals surface area contributed by atoms with Gasteiger partial charge in [0.05, 0.1) is 7.11 Å². The Hall–Kier alpha value is -2.51. The largest absolute Gasteiger partial charge is 0.466 e. The first-order chi connectivity index (χ1) is 10.8. The maximum atomic E-state index is 12.3. The Labute approximate surface area is 132 Å². The summed E-state index contributed by atoms with van der Waals surface area (Å²) in [4.78, 5) is 57.5. The van der Waals surface area contributed by atoms with Gasteiger partial charge in [-0.25, -0.2) is 14.4 Å². The van der Waals surface area contributed by atoms with Crippen LogP contribution >= 0.6 is 0 Å². The van der Waals surface area contributed by atoms with Crippen molar-refractivity contribution in [2.75, 3.05) is 7.11 Å². The van der Waals surface area contributed by atoms with Crippen LogP contribution in [-0.4, -0.2) is 42.9 Å². The molecule has 126 valence electrons. The van der Waals surface area contributed by atoms with E-state index >= 15 is 0 Å². The molecule has 0 heterocycles. The fourth-order valence-electron chi connectivity index (χ4n) is 2.20. The van der Waals surface area contributed by atoms with Gasteiger partial charge in [-0.15, -0.1) is 0 Å². The summed E-state index contributed by atoms with van der Waals surface area (Å²) in [6, 6.07) is 0. The molecule has 0 aliphatic heterocycles. The van der Waals surface area contributed by atoms with E-state index in [0.29, 0.717) is 12.8 Å². The summed E-state index contributed by atoms with van der Waals surface area (Å²) in [5, 5.41) is 0. The number of methoxy groups -OCH3 is 1. The highest BCUT2D eigenvalue weighted by Gasteiger charge is 2.38. The summed E-state index contributed by atoms with van der Waals surface area (Å²) in [5.41, 5.74) is 0. The lowest BCUT2D eigenvalue weighted by Crippen LogP contribution is -2.40. The highest BCUT2D eigenvalue weighted by atomic mass is 16.6. The number of carbonyl (C=O) groups is 5. The minimum Gasteiger partial charge on any atom is -0.466 e. The molecule has 0 aromatic carbocycles. The number of carbonyl (C=O) groups excluding carboxylic acids is 5. The van der Waals surface area contributed by atoms with E-state index in [-0.39, 0.29) is 0 Å². The molecular formula is C15H18O8. The van der Waals surface area contributed by atoms with Crippen molar-refractivity contribution >= 4 is 29.7 Å². The Kier molecular flexibility index (Phi) is 7.11. The van der Waals surface area contributed by atoms with Crippen LogP contribution in [0.25, 0.3) is 0 Å². The van der Waals surface area contributed by atoms with Gasteiger partial charge in [0.15, 0.2) is 5.78 Å². The zero-order valence-electron chi connectivity index (χ0n) is 12.9. The first kappa shape index (κ1) is 18.5. The van der Waals surface area contributed by atoms with Crippen LogP contribution in [0.3, 0.4) is 0 Å². The van der Waals surface area contributed by atoms with Gasteiger partial charge in [0.25, 0.3) is 6.10 Å². The third-order valence-corrected chi connectivity index (χ3v) is 3.27. The average Bonchev–Trinajstić information content (AvgIpc) is 3.03. The number of ketones is 1. The normalized spacial score (nSPS) is 15.9. The van der Waals surface area contributed by atoms with Crippen molar-refractivity contribution in [2.24, 2.45) is 5.92 Å². The van der Waals surface area contributed by atoms with E-state index in [2.05, 4.69) is 9.47 Å². The van der Waals surface area contributed by atoms with Gasteiger partial charge in [-0.05, 0) is 12.8 Å². The number of hydrogen-bond acceptors (Lipinski definition) is 8. The molecule has 0 saturated heterocycles. The molecule has 0 aromatic rings. The maximum absolute atomic E-state index is 12.3. The van der Waals surface area contributed by atoms with Crippen LogP contribution in [-0.2, 0) is 38.2 Å². The molecule has 0 amide bonds. The lowest BCUT2D eigenvalue weighted by atomic mass is 9.98. The molecule has 23 heavy (non-hydrogen) atoms. The molecule has 0 spiro atoms. The standard InChI is InChI=1S/C15H18O8/c1-9(16)22-15(20)14(13(19)10-5-3-4-6-10)23-12(18)8-7-11(17)21-2/h7-8,10,14H,3-6H2,1-2H3. The van der Waals surface area contributed by atoms with E-state index in [1.165, 1.54) is 0 Å².